The van der Waals surface area contributed by atoms with E-state index in [2.05, 4.69) is 18.7 Å². The predicted molar refractivity (Wildman–Crippen MR) is 50.9 cm³/mol. The normalized spacial score (nSPS) is 13.5. The second-order valence-corrected chi connectivity index (χ2v) is 5.87. The van der Waals surface area contributed by atoms with Crippen LogP contribution in [0.2, 0.25) is 0 Å². The molecule has 0 radical (unpaired) electrons. The second kappa shape index (κ2) is 6.11. The number of halogens is 1. The minimum absolute atomic E-state index is 0.0590. The van der Waals surface area contributed by atoms with Gasteiger partial charge in [0.05, 0.1) is 20.5 Å². The summed E-state index contributed by atoms with van der Waals surface area (Å²) in [5.74, 6) is 0. The third-order valence-electron chi connectivity index (χ3n) is 2.37. The van der Waals surface area contributed by atoms with Crippen molar-refractivity contribution >= 4 is 0 Å². The first-order chi connectivity index (χ1) is 6.67. The maximum absolute atomic E-state index is 9.77. The molecule has 0 saturated heterocycles. The molecule has 0 fully saturated rings. The van der Waals surface area contributed by atoms with Crippen LogP contribution in [0, 0.1) is 15.7 Å². The van der Waals surface area contributed by atoms with Gasteiger partial charge in [0.15, 0.2) is 0 Å². The van der Waals surface area contributed by atoms with Crippen LogP contribution < -0.4 is 14.0 Å². The molecule has 0 aromatic rings. The Bertz CT molecular complexity index is 189. The molecule has 0 aromatic carbocycles. The highest BCUT2D eigenvalue weighted by molar-refractivity contribution is 4.87. The van der Waals surface area contributed by atoms with Crippen molar-refractivity contribution in [2.45, 2.75) is 33.3 Å². The first kappa shape index (κ1) is 18.4. The molecule has 0 bridgehead atoms. The molecule has 0 atom stereocenters. The fourth-order valence-electron chi connectivity index (χ4n) is 0.984. The molecule has 0 heterocycles. The van der Waals surface area contributed by atoms with Crippen molar-refractivity contribution in [1.29, 1.82) is 0 Å². The first-order valence-electron chi connectivity index (χ1n) is 4.67. The molecule has 16 heavy (non-hydrogen) atoms. The summed E-state index contributed by atoms with van der Waals surface area (Å²) in [6.07, 6.45) is 0. The summed E-state index contributed by atoms with van der Waals surface area (Å²) in [6, 6.07) is 0. The van der Waals surface area contributed by atoms with Crippen LogP contribution >= 0.6 is 0 Å². The van der Waals surface area contributed by atoms with Gasteiger partial charge in [-0.05, 0) is 27.9 Å². The van der Waals surface area contributed by atoms with Crippen LogP contribution in [-0.4, -0.2) is 40.9 Å². The number of hydrogen-bond donors (Lipinski definition) is 2. The van der Waals surface area contributed by atoms with Gasteiger partial charge in [0.25, 0.3) is 0 Å². The maximum atomic E-state index is 9.77. The molecule has 6 nitrogen and oxygen atoms in total. The van der Waals surface area contributed by atoms with Gasteiger partial charge in [0.1, 0.15) is 0 Å². The lowest BCUT2D eigenvalue weighted by molar-refractivity contribution is -1.92. The summed E-state index contributed by atoms with van der Waals surface area (Å²) in [4.78, 5) is 2.10. The number of hydrogen-bond acceptors (Lipinski definition) is 6. The minimum Gasteiger partial charge on any atom is -0.390 e. The predicted octanol–water partition coefficient (Wildman–Crippen LogP) is -2.78. The maximum Gasteiger partial charge on any atom is 0.0777 e. The van der Waals surface area contributed by atoms with Gasteiger partial charge in [0.2, 0.25) is 0 Å². The Hall–Kier alpha value is 0.0500. The van der Waals surface area contributed by atoms with Crippen LogP contribution in [0.15, 0.2) is 0 Å². The van der Waals surface area contributed by atoms with E-state index in [0.717, 1.165) is 6.54 Å². The Kier molecular flexibility index (Phi) is 7.03. The van der Waals surface area contributed by atoms with Gasteiger partial charge >= 0.3 is 0 Å². The smallest absolute Gasteiger partial charge is 0.0777 e. The fourth-order valence-corrected chi connectivity index (χ4v) is 0.984. The molecule has 0 aliphatic carbocycles. The van der Waals surface area contributed by atoms with Gasteiger partial charge in [-0.25, -0.2) is 0 Å². The molecule has 0 spiro atoms. The van der Waals surface area contributed by atoms with Crippen LogP contribution in [0.1, 0.15) is 27.7 Å². The van der Waals surface area contributed by atoms with E-state index in [9.17, 15) is 5.11 Å². The van der Waals surface area contributed by atoms with Crippen LogP contribution in [0.4, 0.5) is 0 Å². The molecular weight excluding hydrogens is 238 g/mol. The van der Waals surface area contributed by atoms with Gasteiger partial charge < -0.3 is 10.0 Å². The van der Waals surface area contributed by atoms with Crippen molar-refractivity contribution in [3.8, 4) is 0 Å². The molecule has 0 rings (SSSR count). The second-order valence-electron chi connectivity index (χ2n) is 5.08. The van der Waals surface area contributed by atoms with E-state index >= 15 is 0 Å². The zero-order chi connectivity index (χ0) is 13.8. The summed E-state index contributed by atoms with van der Waals surface area (Å²) >= 11 is 0. The summed E-state index contributed by atoms with van der Waals surface area (Å²) in [6.45, 7) is 8.77. The van der Waals surface area contributed by atoms with E-state index in [0.29, 0.717) is 0 Å². The van der Waals surface area contributed by atoms with Crippen molar-refractivity contribution in [3.63, 3.8) is 0 Å². The lowest BCUT2D eigenvalue weighted by Crippen LogP contribution is -2.58. The van der Waals surface area contributed by atoms with Gasteiger partial charge in [-0.15, -0.1) is 0 Å². The molecule has 0 unspecified atom stereocenters. The zero-order valence-corrected chi connectivity index (χ0v) is 11.4. The largest absolute Gasteiger partial charge is 0.390 e. The van der Waals surface area contributed by atoms with E-state index in [-0.39, 0.29) is 5.41 Å². The van der Waals surface area contributed by atoms with Crippen molar-refractivity contribution in [3.05, 3.63) is 0 Å². The van der Waals surface area contributed by atoms with Crippen molar-refractivity contribution in [1.82, 2.24) is 4.90 Å². The number of rotatable bonds is 3. The Morgan fingerprint density at radius 1 is 1.06 bits per heavy atom. The summed E-state index contributed by atoms with van der Waals surface area (Å²) in [5, 5.41) is 9.77. The van der Waals surface area contributed by atoms with Gasteiger partial charge in [-0.2, -0.15) is 14.0 Å². The Labute approximate surface area is 98.9 Å². The van der Waals surface area contributed by atoms with Crippen molar-refractivity contribution in [2.75, 3.05) is 20.6 Å². The van der Waals surface area contributed by atoms with Gasteiger partial charge in [-0.1, -0.05) is 13.8 Å². The van der Waals surface area contributed by atoms with Crippen molar-refractivity contribution in [2.24, 2.45) is 5.41 Å². The molecule has 0 saturated carbocycles. The third-order valence-corrected chi connectivity index (χ3v) is 2.37. The average Bonchev–Trinajstić information content (AvgIpc) is 1.74. The molecule has 0 aliphatic rings. The van der Waals surface area contributed by atoms with E-state index in [1.807, 2.05) is 27.9 Å². The summed E-state index contributed by atoms with van der Waals surface area (Å²) in [7, 11) is -0.652. The number of nitrogens with zero attached hydrogens (tertiary/aromatic N) is 1. The van der Waals surface area contributed by atoms with Crippen molar-refractivity contribution < 1.29 is 34.0 Å². The third kappa shape index (κ3) is 12.1. The van der Waals surface area contributed by atoms with Crippen LogP contribution in [0.5, 0.6) is 0 Å². The highest BCUT2D eigenvalue weighted by Gasteiger charge is 2.35. The average molecular weight is 260 g/mol. The zero-order valence-electron chi connectivity index (χ0n) is 10.7. The highest BCUT2D eigenvalue weighted by Crippen LogP contribution is 2.30. The Morgan fingerprint density at radius 2 is 1.31 bits per heavy atom. The molecule has 100 valence electrons. The lowest BCUT2D eigenvalue weighted by atomic mass is 9.77. The number of aliphatic hydroxyl groups is 1. The monoisotopic (exact) mass is 259 g/mol. The van der Waals surface area contributed by atoms with Crippen LogP contribution in [-0.2, 0) is 0 Å². The first-order valence-corrected chi connectivity index (χ1v) is 5.93. The van der Waals surface area contributed by atoms with E-state index in [1.54, 1.807) is 0 Å². The van der Waals surface area contributed by atoms with E-state index in [1.165, 1.54) is 0 Å². The fraction of sp³-hybridized carbons (Fsp3) is 1.00. The topological polar surface area (TPSA) is 113 Å². The molecule has 0 aromatic heterocycles. The Balaban J connectivity index is 0. The SMILES string of the molecule is CN(C)CC(C)(C)C(C)(C)O.[O-][Cl+3]([O-])([O-])O. The molecule has 7 heteroatoms. The van der Waals surface area contributed by atoms with E-state index in [4.69, 9.17) is 18.6 Å². The summed E-state index contributed by atoms with van der Waals surface area (Å²) < 4.78 is 32.7. The van der Waals surface area contributed by atoms with Crippen LogP contribution in [0.3, 0.4) is 0 Å². The van der Waals surface area contributed by atoms with Crippen LogP contribution in [0.25, 0.3) is 0 Å². The lowest BCUT2D eigenvalue weighted by Gasteiger charge is -2.39. The van der Waals surface area contributed by atoms with Gasteiger partial charge in [-0.3, -0.25) is 0 Å². The summed E-state index contributed by atoms with van der Waals surface area (Å²) in [5.41, 5.74) is -0.673. The molecular formula is C9H22ClNO5. The van der Waals surface area contributed by atoms with E-state index < -0.39 is 15.8 Å². The Morgan fingerprint density at radius 3 is 1.38 bits per heavy atom. The molecule has 2 N–H and O–H groups in total. The highest BCUT2D eigenvalue weighted by atomic mass is 35.7. The molecule has 0 amide bonds. The quantitative estimate of drug-likeness (QED) is 0.567. The standard InChI is InChI=1S/C9H21NO.ClHO4/c1-8(2,7-10(5)6)9(3,4)11;2-1(3,4)5/h11H,7H2,1-6H3;(H,2,3,4,5). The minimum atomic E-state index is -4.69. The van der Waals surface area contributed by atoms with Gasteiger partial charge in [0, 0.05) is 12.0 Å². The molecule has 0 aliphatic heterocycles.